The maximum absolute atomic E-state index is 2.39. The van der Waals surface area contributed by atoms with Crippen molar-refractivity contribution in [1.82, 2.24) is 0 Å². The Morgan fingerprint density at radius 1 is 1.14 bits per heavy atom. The molecule has 80 valence electrons. The van der Waals surface area contributed by atoms with E-state index in [9.17, 15) is 0 Å². The van der Waals surface area contributed by atoms with E-state index >= 15 is 0 Å². The maximum Gasteiger partial charge on any atom is -0.00832 e. The van der Waals surface area contributed by atoms with E-state index in [1.54, 1.807) is 0 Å². The van der Waals surface area contributed by atoms with Gasteiger partial charge in [-0.2, -0.15) is 0 Å². The standard InChI is InChI=1S/C14H24/c1-4-5-6-8-11-14(3)12-9-7-10-13(14)2/h7,9-10,12-13H,4-6,8,11H2,1-3H3. The summed E-state index contributed by atoms with van der Waals surface area (Å²) in [6.07, 6.45) is 16.0. The topological polar surface area (TPSA) is 0 Å². The number of rotatable bonds is 5. The van der Waals surface area contributed by atoms with Gasteiger partial charge in [-0.15, -0.1) is 0 Å². The highest BCUT2D eigenvalue weighted by Gasteiger charge is 2.27. The first-order valence-corrected chi connectivity index (χ1v) is 6.05. The zero-order valence-corrected chi connectivity index (χ0v) is 9.92. The second-order valence-electron chi connectivity index (χ2n) is 4.85. The molecule has 0 heteroatoms. The van der Waals surface area contributed by atoms with Gasteiger partial charge in [0, 0.05) is 0 Å². The first-order chi connectivity index (χ1) is 6.69. The normalized spacial score (nSPS) is 30.9. The lowest BCUT2D eigenvalue weighted by molar-refractivity contribution is 0.288. The highest BCUT2D eigenvalue weighted by molar-refractivity contribution is 5.18. The van der Waals surface area contributed by atoms with Crippen LogP contribution in [0.4, 0.5) is 0 Å². The van der Waals surface area contributed by atoms with Crippen molar-refractivity contribution >= 4 is 0 Å². The zero-order chi connectivity index (χ0) is 10.4. The van der Waals surface area contributed by atoms with Crippen LogP contribution < -0.4 is 0 Å². The summed E-state index contributed by atoms with van der Waals surface area (Å²) in [5.41, 5.74) is 0.419. The Kier molecular flexibility index (Phi) is 4.44. The van der Waals surface area contributed by atoms with E-state index in [-0.39, 0.29) is 0 Å². The second kappa shape index (κ2) is 5.38. The first-order valence-electron chi connectivity index (χ1n) is 6.05. The molecule has 0 aromatic carbocycles. The number of allylic oxidation sites excluding steroid dienone is 4. The first kappa shape index (κ1) is 11.6. The lowest BCUT2D eigenvalue weighted by atomic mass is 9.72. The molecule has 0 saturated carbocycles. The Bertz CT molecular complexity index is 212. The number of unbranched alkanes of at least 4 members (excludes halogenated alkanes) is 3. The van der Waals surface area contributed by atoms with Crippen molar-refractivity contribution in [2.45, 2.75) is 52.9 Å². The molecule has 14 heavy (non-hydrogen) atoms. The highest BCUT2D eigenvalue weighted by atomic mass is 14.3. The molecule has 0 aliphatic heterocycles. The van der Waals surface area contributed by atoms with E-state index in [2.05, 4.69) is 45.1 Å². The summed E-state index contributed by atoms with van der Waals surface area (Å²) in [6.45, 7) is 7.00. The molecule has 0 spiro atoms. The van der Waals surface area contributed by atoms with Gasteiger partial charge >= 0.3 is 0 Å². The molecule has 1 rings (SSSR count). The van der Waals surface area contributed by atoms with Gasteiger partial charge in [0.2, 0.25) is 0 Å². The smallest absolute Gasteiger partial charge is 0.00832 e. The van der Waals surface area contributed by atoms with E-state index in [0.717, 1.165) is 0 Å². The third-order valence-electron chi connectivity index (χ3n) is 3.60. The van der Waals surface area contributed by atoms with Crippen LogP contribution in [0, 0.1) is 11.3 Å². The van der Waals surface area contributed by atoms with Crippen LogP contribution in [-0.4, -0.2) is 0 Å². The predicted molar refractivity (Wildman–Crippen MR) is 64.3 cm³/mol. The minimum atomic E-state index is 0.419. The van der Waals surface area contributed by atoms with Crippen molar-refractivity contribution in [3.63, 3.8) is 0 Å². The van der Waals surface area contributed by atoms with Crippen LogP contribution in [0.2, 0.25) is 0 Å². The van der Waals surface area contributed by atoms with Crippen LogP contribution in [0.3, 0.4) is 0 Å². The Hall–Kier alpha value is -0.520. The minimum Gasteiger partial charge on any atom is -0.0809 e. The van der Waals surface area contributed by atoms with E-state index < -0.39 is 0 Å². The third-order valence-corrected chi connectivity index (χ3v) is 3.60. The van der Waals surface area contributed by atoms with Gasteiger partial charge in [0.05, 0.1) is 0 Å². The van der Waals surface area contributed by atoms with Crippen molar-refractivity contribution < 1.29 is 0 Å². The number of hydrogen-bond donors (Lipinski definition) is 0. The van der Waals surface area contributed by atoms with Crippen LogP contribution in [-0.2, 0) is 0 Å². The summed E-state index contributed by atoms with van der Waals surface area (Å²) < 4.78 is 0. The van der Waals surface area contributed by atoms with E-state index in [4.69, 9.17) is 0 Å². The molecule has 0 saturated heterocycles. The van der Waals surface area contributed by atoms with Crippen molar-refractivity contribution in [1.29, 1.82) is 0 Å². The van der Waals surface area contributed by atoms with Crippen LogP contribution in [0.1, 0.15) is 52.9 Å². The summed E-state index contributed by atoms with van der Waals surface area (Å²) in [7, 11) is 0. The molecule has 0 amide bonds. The lowest BCUT2D eigenvalue weighted by Crippen LogP contribution is -2.23. The molecule has 2 unspecified atom stereocenters. The molecular formula is C14H24. The van der Waals surface area contributed by atoms with Gasteiger partial charge in [0.25, 0.3) is 0 Å². The van der Waals surface area contributed by atoms with E-state index in [1.807, 2.05) is 0 Å². The molecule has 0 nitrogen and oxygen atoms in total. The van der Waals surface area contributed by atoms with Crippen molar-refractivity contribution in [3.05, 3.63) is 24.3 Å². The lowest BCUT2D eigenvalue weighted by Gasteiger charge is -2.33. The Balaban J connectivity index is 2.34. The van der Waals surface area contributed by atoms with Crippen molar-refractivity contribution in [2.75, 3.05) is 0 Å². The Labute approximate surface area is 89.1 Å². The molecule has 0 aromatic rings. The molecule has 0 heterocycles. The van der Waals surface area contributed by atoms with Gasteiger partial charge < -0.3 is 0 Å². The summed E-state index contributed by atoms with van der Waals surface area (Å²) in [6, 6.07) is 0. The van der Waals surface area contributed by atoms with Crippen LogP contribution in [0.25, 0.3) is 0 Å². The number of hydrogen-bond acceptors (Lipinski definition) is 0. The van der Waals surface area contributed by atoms with E-state index in [0.29, 0.717) is 11.3 Å². The summed E-state index contributed by atoms with van der Waals surface area (Å²) in [5.74, 6) is 0.703. The molecule has 0 aromatic heterocycles. The Morgan fingerprint density at radius 3 is 2.57 bits per heavy atom. The minimum absolute atomic E-state index is 0.419. The summed E-state index contributed by atoms with van der Waals surface area (Å²) >= 11 is 0. The predicted octanol–water partition coefficient (Wildman–Crippen LogP) is 4.73. The highest BCUT2D eigenvalue weighted by Crippen LogP contribution is 2.37. The fraction of sp³-hybridized carbons (Fsp3) is 0.714. The molecular weight excluding hydrogens is 168 g/mol. The zero-order valence-electron chi connectivity index (χ0n) is 9.92. The third kappa shape index (κ3) is 3.01. The van der Waals surface area contributed by atoms with Gasteiger partial charge in [-0.3, -0.25) is 0 Å². The van der Waals surface area contributed by atoms with Crippen LogP contribution in [0.15, 0.2) is 24.3 Å². The van der Waals surface area contributed by atoms with Gasteiger partial charge in [-0.1, -0.05) is 70.8 Å². The monoisotopic (exact) mass is 192 g/mol. The molecule has 1 aliphatic carbocycles. The SMILES string of the molecule is CCCCCCC1(C)C=CC=CC1C. The molecule has 0 bridgehead atoms. The van der Waals surface area contributed by atoms with E-state index in [1.165, 1.54) is 32.1 Å². The van der Waals surface area contributed by atoms with Gasteiger partial charge in [-0.05, 0) is 17.8 Å². The van der Waals surface area contributed by atoms with Crippen LogP contribution >= 0.6 is 0 Å². The summed E-state index contributed by atoms with van der Waals surface area (Å²) in [4.78, 5) is 0. The molecule has 0 radical (unpaired) electrons. The largest absolute Gasteiger partial charge is 0.0809 e. The molecule has 0 fully saturated rings. The Morgan fingerprint density at radius 2 is 1.93 bits per heavy atom. The van der Waals surface area contributed by atoms with Crippen molar-refractivity contribution in [2.24, 2.45) is 11.3 Å². The molecule has 1 aliphatic rings. The van der Waals surface area contributed by atoms with Gasteiger partial charge in [-0.25, -0.2) is 0 Å². The van der Waals surface area contributed by atoms with Crippen LogP contribution in [0.5, 0.6) is 0 Å². The van der Waals surface area contributed by atoms with Gasteiger partial charge in [0.15, 0.2) is 0 Å². The van der Waals surface area contributed by atoms with Gasteiger partial charge in [0.1, 0.15) is 0 Å². The quantitative estimate of drug-likeness (QED) is 0.553. The fourth-order valence-electron chi connectivity index (χ4n) is 2.12. The second-order valence-corrected chi connectivity index (χ2v) is 4.85. The fourth-order valence-corrected chi connectivity index (χ4v) is 2.12. The molecule has 0 N–H and O–H groups in total. The average molecular weight is 192 g/mol. The maximum atomic E-state index is 2.39. The van der Waals surface area contributed by atoms with Crippen molar-refractivity contribution in [3.8, 4) is 0 Å². The molecule has 2 atom stereocenters. The summed E-state index contributed by atoms with van der Waals surface area (Å²) in [5, 5.41) is 0. The average Bonchev–Trinajstić information content (AvgIpc) is 2.18.